The van der Waals surface area contributed by atoms with Gasteiger partial charge in [-0.2, -0.15) is 0 Å². The third-order valence-corrected chi connectivity index (χ3v) is 4.62. The molecule has 0 radical (unpaired) electrons. The second-order valence-corrected chi connectivity index (χ2v) is 6.59. The van der Waals surface area contributed by atoms with Crippen molar-refractivity contribution in [2.24, 2.45) is 0 Å². The van der Waals surface area contributed by atoms with Crippen LogP contribution in [0.15, 0.2) is 42.5 Å². The Morgan fingerprint density at radius 2 is 1.93 bits per heavy atom. The number of carbonyl (C=O) groups is 2. The van der Waals surface area contributed by atoms with Gasteiger partial charge in [0.2, 0.25) is 5.91 Å². The van der Waals surface area contributed by atoms with E-state index in [0.717, 1.165) is 11.4 Å². The summed E-state index contributed by atoms with van der Waals surface area (Å²) in [4.78, 5) is 28.1. The van der Waals surface area contributed by atoms with E-state index < -0.39 is 0 Å². The number of ether oxygens (including phenoxy) is 2. The van der Waals surface area contributed by atoms with Gasteiger partial charge in [0.1, 0.15) is 18.0 Å². The maximum Gasteiger partial charge on any atom is 0.325 e. The van der Waals surface area contributed by atoms with Crippen LogP contribution in [0.1, 0.15) is 6.92 Å². The van der Waals surface area contributed by atoms with Crippen molar-refractivity contribution in [2.75, 3.05) is 43.6 Å². The van der Waals surface area contributed by atoms with Crippen molar-refractivity contribution >= 4 is 34.9 Å². The quantitative estimate of drug-likeness (QED) is 0.766. The molecule has 0 saturated carbocycles. The summed E-state index contributed by atoms with van der Waals surface area (Å²) in [6, 6.07) is 12.1. The number of carbonyl (C=O) groups excluding carboxylic acids is 2. The lowest BCUT2D eigenvalue weighted by Crippen LogP contribution is -2.37. The summed E-state index contributed by atoms with van der Waals surface area (Å²) in [5.74, 6) is 0.996. The van der Waals surface area contributed by atoms with Crippen LogP contribution in [0.25, 0.3) is 0 Å². The summed E-state index contributed by atoms with van der Waals surface area (Å²) < 4.78 is 10.5. The number of nitrogens with one attached hydrogen (secondary N) is 1. The molecule has 7 nitrogen and oxygen atoms in total. The van der Waals surface area contributed by atoms with Crippen molar-refractivity contribution in [3.8, 4) is 11.5 Å². The summed E-state index contributed by atoms with van der Waals surface area (Å²) in [5, 5.41) is 3.15. The Labute approximate surface area is 168 Å². The first-order valence-corrected chi connectivity index (χ1v) is 9.32. The molecule has 1 saturated heterocycles. The van der Waals surface area contributed by atoms with Gasteiger partial charge in [0.25, 0.3) is 0 Å². The number of hydrogen-bond donors (Lipinski definition) is 1. The molecule has 28 heavy (non-hydrogen) atoms. The highest BCUT2D eigenvalue weighted by Crippen LogP contribution is 2.27. The van der Waals surface area contributed by atoms with Crippen LogP contribution in [-0.4, -0.2) is 50.2 Å². The van der Waals surface area contributed by atoms with Crippen molar-refractivity contribution in [3.05, 3.63) is 47.5 Å². The number of urea groups is 1. The van der Waals surface area contributed by atoms with E-state index in [-0.39, 0.29) is 18.5 Å². The lowest BCUT2D eigenvalue weighted by Gasteiger charge is -2.19. The largest absolute Gasteiger partial charge is 0.495 e. The van der Waals surface area contributed by atoms with Gasteiger partial charge in [-0.3, -0.25) is 9.69 Å². The average Bonchev–Trinajstić information content (AvgIpc) is 3.03. The third kappa shape index (κ3) is 4.48. The highest BCUT2D eigenvalue weighted by atomic mass is 35.5. The molecular formula is C20H22ClN3O4. The number of benzene rings is 2. The van der Waals surface area contributed by atoms with Crippen LogP contribution in [0.5, 0.6) is 11.5 Å². The third-order valence-electron chi connectivity index (χ3n) is 4.32. The summed E-state index contributed by atoms with van der Waals surface area (Å²) >= 11 is 6.07. The van der Waals surface area contributed by atoms with Crippen LogP contribution in [-0.2, 0) is 4.79 Å². The minimum Gasteiger partial charge on any atom is -0.495 e. The maximum atomic E-state index is 12.6. The standard InChI is InChI=1S/C20H22ClN3O4/c1-3-28-16-7-5-15(6-8-16)24-11-10-23(20(24)26)13-19(25)22-14-4-9-18(27-2)17(21)12-14/h4-9,12H,3,10-11,13H2,1-2H3,(H,22,25). The van der Waals surface area contributed by atoms with Crippen LogP contribution in [0.4, 0.5) is 16.2 Å². The molecular weight excluding hydrogens is 382 g/mol. The number of amides is 3. The first-order valence-electron chi connectivity index (χ1n) is 8.94. The van der Waals surface area contributed by atoms with Crippen molar-refractivity contribution in [1.29, 1.82) is 0 Å². The molecule has 1 aliphatic rings. The van der Waals surface area contributed by atoms with Gasteiger partial charge >= 0.3 is 6.03 Å². The van der Waals surface area contributed by atoms with Crippen LogP contribution in [0.3, 0.4) is 0 Å². The molecule has 0 atom stereocenters. The fourth-order valence-corrected chi connectivity index (χ4v) is 3.23. The molecule has 3 rings (SSSR count). The fraction of sp³-hybridized carbons (Fsp3) is 0.300. The molecule has 1 fully saturated rings. The van der Waals surface area contributed by atoms with Gasteiger partial charge in [-0.05, 0) is 49.4 Å². The second kappa shape index (κ2) is 8.84. The van der Waals surface area contributed by atoms with Crippen molar-refractivity contribution in [2.45, 2.75) is 6.92 Å². The SMILES string of the molecule is CCOc1ccc(N2CCN(CC(=O)Nc3ccc(OC)c(Cl)c3)C2=O)cc1. The zero-order valence-corrected chi connectivity index (χ0v) is 16.5. The molecule has 0 unspecified atom stereocenters. The monoisotopic (exact) mass is 403 g/mol. The van der Waals surface area contributed by atoms with E-state index in [2.05, 4.69) is 5.32 Å². The average molecular weight is 404 g/mol. The number of anilines is 2. The minimum absolute atomic E-state index is 0.0317. The number of rotatable bonds is 7. The van der Waals surface area contributed by atoms with Crippen LogP contribution in [0, 0.1) is 0 Å². The summed E-state index contributed by atoms with van der Waals surface area (Å²) in [5.41, 5.74) is 1.32. The minimum atomic E-state index is -0.289. The van der Waals surface area contributed by atoms with Gasteiger partial charge in [0, 0.05) is 24.5 Å². The molecule has 1 N–H and O–H groups in total. The molecule has 1 heterocycles. The van der Waals surface area contributed by atoms with E-state index in [0.29, 0.717) is 36.2 Å². The van der Waals surface area contributed by atoms with Gasteiger partial charge in [0.05, 0.1) is 18.7 Å². The van der Waals surface area contributed by atoms with Gasteiger partial charge in [-0.25, -0.2) is 4.79 Å². The Bertz CT molecular complexity index is 857. The van der Waals surface area contributed by atoms with Gasteiger partial charge in [-0.15, -0.1) is 0 Å². The topological polar surface area (TPSA) is 71.1 Å². The molecule has 0 bridgehead atoms. The Balaban J connectivity index is 1.58. The first-order chi connectivity index (χ1) is 13.5. The van der Waals surface area contributed by atoms with Crippen molar-refractivity contribution in [3.63, 3.8) is 0 Å². The van der Waals surface area contributed by atoms with E-state index in [9.17, 15) is 9.59 Å². The van der Waals surface area contributed by atoms with Gasteiger partial charge in [0.15, 0.2) is 0 Å². The number of methoxy groups -OCH3 is 1. The number of nitrogens with zero attached hydrogens (tertiary/aromatic N) is 2. The van der Waals surface area contributed by atoms with E-state index in [1.807, 2.05) is 31.2 Å². The molecule has 2 aromatic rings. The molecule has 0 aliphatic carbocycles. The molecule has 0 aromatic heterocycles. The Morgan fingerprint density at radius 1 is 1.18 bits per heavy atom. The predicted octanol–water partition coefficient (Wildman–Crippen LogP) is 3.63. The summed E-state index contributed by atoms with van der Waals surface area (Å²) in [6.07, 6.45) is 0. The molecule has 2 aromatic carbocycles. The normalized spacial score (nSPS) is 13.6. The van der Waals surface area contributed by atoms with Crippen molar-refractivity contribution < 1.29 is 19.1 Å². The highest BCUT2D eigenvalue weighted by molar-refractivity contribution is 6.32. The second-order valence-electron chi connectivity index (χ2n) is 6.18. The molecule has 8 heteroatoms. The Kier molecular flexibility index (Phi) is 6.26. The van der Waals surface area contributed by atoms with Crippen molar-refractivity contribution in [1.82, 2.24) is 4.90 Å². The van der Waals surface area contributed by atoms with Gasteiger partial charge < -0.3 is 19.7 Å². The highest BCUT2D eigenvalue weighted by Gasteiger charge is 2.30. The van der Waals surface area contributed by atoms with E-state index in [4.69, 9.17) is 21.1 Å². The van der Waals surface area contributed by atoms with Gasteiger partial charge in [-0.1, -0.05) is 11.6 Å². The zero-order chi connectivity index (χ0) is 20.1. The van der Waals surface area contributed by atoms with Crippen LogP contribution < -0.4 is 19.7 Å². The first kappa shape index (κ1) is 19.8. The molecule has 0 spiro atoms. The lowest BCUT2D eigenvalue weighted by molar-refractivity contribution is -0.116. The molecule has 1 aliphatic heterocycles. The predicted molar refractivity (Wildman–Crippen MR) is 109 cm³/mol. The van der Waals surface area contributed by atoms with E-state index in [1.165, 1.54) is 12.0 Å². The lowest BCUT2D eigenvalue weighted by atomic mass is 10.3. The van der Waals surface area contributed by atoms with E-state index >= 15 is 0 Å². The molecule has 148 valence electrons. The Hall–Kier alpha value is -2.93. The number of halogens is 1. The van der Waals surface area contributed by atoms with E-state index in [1.54, 1.807) is 23.1 Å². The van der Waals surface area contributed by atoms with Crippen LogP contribution in [0.2, 0.25) is 5.02 Å². The summed E-state index contributed by atoms with van der Waals surface area (Å²) in [6.45, 7) is 3.47. The summed E-state index contributed by atoms with van der Waals surface area (Å²) in [7, 11) is 1.52. The fourth-order valence-electron chi connectivity index (χ4n) is 2.98. The zero-order valence-electron chi connectivity index (χ0n) is 15.8. The maximum absolute atomic E-state index is 12.6. The molecule has 3 amide bonds. The van der Waals surface area contributed by atoms with Crippen LogP contribution >= 0.6 is 11.6 Å². The Morgan fingerprint density at radius 3 is 2.57 bits per heavy atom. The smallest absolute Gasteiger partial charge is 0.325 e. The number of hydrogen-bond acceptors (Lipinski definition) is 4.